The number of nitrogens with one attached hydrogen (secondary N) is 2. The molecule has 0 radical (unpaired) electrons. The van der Waals surface area contributed by atoms with Gasteiger partial charge in [0.25, 0.3) is 0 Å². The number of amides is 2. The average molecular weight is 225 g/mol. The van der Waals surface area contributed by atoms with Crippen LogP contribution >= 0.6 is 0 Å². The predicted octanol–water partition coefficient (Wildman–Crippen LogP) is 2.81. The van der Waals surface area contributed by atoms with Gasteiger partial charge in [-0.1, -0.05) is 30.3 Å². The van der Waals surface area contributed by atoms with Gasteiger partial charge in [0, 0.05) is 16.3 Å². The highest BCUT2D eigenvalue weighted by atomic mass is 16.2. The highest BCUT2D eigenvalue weighted by Gasteiger charge is 2.07. The molecule has 0 aliphatic carbocycles. The van der Waals surface area contributed by atoms with Crippen molar-refractivity contribution in [2.24, 2.45) is 5.73 Å². The molecule has 0 spiro atoms. The van der Waals surface area contributed by atoms with Crippen molar-refractivity contribution in [2.45, 2.75) is 0 Å². The molecule has 1 heterocycles. The molecule has 0 atom stereocenters. The van der Waals surface area contributed by atoms with Crippen LogP contribution in [0.15, 0.2) is 42.5 Å². The molecule has 0 aliphatic rings. The molecular formula is C13H11N3O. The van der Waals surface area contributed by atoms with Crippen LogP contribution in [-0.2, 0) is 0 Å². The number of carbonyl (C=O) groups excluding carboxylic acids is 1. The van der Waals surface area contributed by atoms with Crippen molar-refractivity contribution in [3.05, 3.63) is 42.5 Å². The molecule has 2 amide bonds. The van der Waals surface area contributed by atoms with Gasteiger partial charge in [-0.3, -0.25) is 0 Å². The Morgan fingerprint density at radius 1 is 1.06 bits per heavy atom. The lowest BCUT2D eigenvalue weighted by molar-refractivity contribution is 0.259. The second kappa shape index (κ2) is 3.52. The normalized spacial score (nSPS) is 10.8. The number of urea groups is 1. The second-order valence-electron chi connectivity index (χ2n) is 3.89. The lowest BCUT2D eigenvalue weighted by atomic mass is 10.1. The number of para-hydroxylation sites is 2. The minimum absolute atomic E-state index is 0.559. The van der Waals surface area contributed by atoms with Crippen LogP contribution in [0.3, 0.4) is 0 Å². The average Bonchev–Trinajstić information content (AvgIpc) is 2.68. The largest absolute Gasteiger partial charge is 0.353 e. The molecule has 0 fully saturated rings. The fraction of sp³-hybridized carbons (Fsp3) is 0. The van der Waals surface area contributed by atoms with Gasteiger partial charge in [0.2, 0.25) is 0 Å². The first kappa shape index (κ1) is 9.72. The molecule has 4 nitrogen and oxygen atoms in total. The number of nitrogens with two attached hydrogens (primary N) is 1. The molecule has 0 bridgehead atoms. The fourth-order valence-corrected chi connectivity index (χ4v) is 2.11. The number of hydrogen-bond acceptors (Lipinski definition) is 1. The van der Waals surface area contributed by atoms with Crippen molar-refractivity contribution >= 4 is 33.5 Å². The van der Waals surface area contributed by atoms with Crippen LogP contribution in [0.2, 0.25) is 0 Å². The number of rotatable bonds is 1. The summed E-state index contributed by atoms with van der Waals surface area (Å²) in [5.41, 5.74) is 7.78. The molecule has 4 N–H and O–H groups in total. The number of benzene rings is 2. The highest BCUT2D eigenvalue weighted by Crippen LogP contribution is 2.29. The van der Waals surface area contributed by atoms with Gasteiger partial charge in [-0.15, -0.1) is 0 Å². The van der Waals surface area contributed by atoms with Gasteiger partial charge >= 0.3 is 6.03 Å². The van der Waals surface area contributed by atoms with Crippen LogP contribution in [0.4, 0.5) is 10.5 Å². The number of anilines is 1. The SMILES string of the molecule is NC(=O)Nc1cccc2c1[nH]c1ccccc12. The number of fused-ring (bicyclic) bond motifs is 3. The standard InChI is InChI=1S/C13H11N3O/c14-13(17)16-11-7-3-5-9-8-4-1-2-6-10(8)15-12(9)11/h1-7,15H,(H3,14,16,17). The number of hydrogen-bond donors (Lipinski definition) is 3. The summed E-state index contributed by atoms with van der Waals surface area (Å²) >= 11 is 0. The maximum absolute atomic E-state index is 10.9. The van der Waals surface area contributed by atoms with E-state index < -0.39 is 6.03 Å². The number of aromatic amines is 1. The van der Waals surface area contributed by atoms with Gasteiger partial charge < -0.3 is 16.0 Å². The maximum Gasteiger partial charge on any atom is 0.316 e. The van der Waals surface area contributed by atoms with Crippen LogP contribution in [0.1, 0.15) is 0 Å². The van der Waals surface area contributed by atoms with Crippen molar-refractivity contribution in [1.29, 1.82) is 0 Å². The molecule has 84 valence electrons. The summed E-state index contributed by atoms with van der Waals surface area (Å²) in [7, 11) is 0. The predicted molar refractivity (Wildman–Crippen MR) is 69.0 cm³/mol. The van der Waals surface area contributed by atoms with E-state index in [1.54, 1.807) is 0 Å². The fourth-order valence-electron chi connectivity index (χ4n) is 2.11. The van der Waals surface area contributed by atoms with Crippen LogP contribution in [0, 0.1) is 0 Å². The Labute approximate surface area is 97.4 Å². The third-order valence-electron chi connectivity index (χ3n) is 2.80. The molecule has 1 aromatic heterocycles. The minimum Gasteiger partial charge on any atom is -0.353 e. The zero-order valence-electron chi connectivity index (χ0n) is 9.03. The first-order chi connectivity index (χ1) is 8.25. The summed E-state index contributed by atoms with van der Waals surface area (Å²) in [6.45, 7) is 0. The second-order valence-corrected chi connectivity index (χ2v) is 3.89. The van der Waals surface area contributed by atoms with E-state index in [9.17, 15) is 4.79 Å². The van der Waals surface area contributed by atoms with E-state index >= 15 is 0 Å². The van der Waals surface area contributed by atoms with E-state index in [1.165, 1.54) is 0 Å². The molecular weight excluding hydrogens is 214 g/mol. The number of H-pyrrole nitrogens is 1. The third kappa shape index (κ3) is 1.50. The van der Waals surface area contributed by atoms with Gasteiger partial charge in [-0.05, 0) is 12.1 Å². The Morgan fingerprint density at radius 3 is 2.65 bits per heavy atom. The smallest absolute Gasteiger partial charge is 0.316 e. The van der Waals surface area contributed by atoms with E-state index in [2.05, 4.69) is 10.3 Å². The maximum atomic E-state index is 10.9. The van der Waals surface area contributed by atoms with Crippen LogP contribution in [-0.4, -0.2) is 11.0 Å². The monoisotopic (exact) mass is 225 g/mol. The molecule has 0 aliphatic heterocycles. The first-order valence-corrected chi connectivity index (χ1v) is 5.31. The van der Waals surface area contributed by atoms with E-state index in [0.29, 0.717) is 5.69 Å². The van der Waals surface area contributed by atoms with Crippen molar-refractivity contribution in [1.82, 2.24) is 4.98 Å². The summed E-state index contributed by atoms with van der Waals surface area (Å²) in [5.74, 6) is 0. The number of aromatic nitrogens is 1. The molecule has 0 saturated carbocycles. The summed E-state index contributed by atoms with van der Waals surface area (Å²) in [4.78, 5) is 14.2. The van der Waals surface area contributed by atoms with Crippen molar-refractivity contribution in [3.8, 4) is 0 Å². The molecule has 0 unspecified atom stereocenters. The zero-order chi connectivity index (χ0) is 11.8. The van der Waals surface area contributed by atoms with Gasteiger partial charge in [-0.25, -0.2) is 4.79 Å². The van der Waals surface area contributed by atoms with Gasteiger partial charge in [0.1, 0.15) is 0 Å². The van der Waals surface area contributed by atoms with Crippen LogP contribution in [0.25, 0.3) is 21.8 Å². The third-order valence-corrected chi connectivity index (χ3v) is 2.80. The summed E-state index contributed by atoms with van der Waals surface area (Å²) in [6, 6.07) is 13.2. The Balaban J connectivity index is 2.35. The lowest BCUT2D eigenvalue weighted by Crippen LogP contribution is -2.19. The summed E-state index contributed by atoms with van der Waals surface area (Å²) in [6.07, 6.45) is 0. The Bertz CT molecular complexity index is 715. The number of primary amides is 1. The Morgan fingerprint density at radius 2 is 1.82 bits per heavy atom. The van der Waals surface area contributed by atoms with Crippen molar-refractivity contribution in [3.63, 3.8) is 0 Å². The molecule has 2 aromatic carbocycles. The first-order valence-electron chi connectivity index (χ1n) is 5.31. The van der Waals surface area contributed by atoms with Crippen molar-refractivity contribution < 1.29 is 4.79 Å². The van der Waals surface area contributed by atoms with E-state index in [4.69, 9.17) is 5.73 Å². The number of carbonyl (C=O) groups is 1. The van der Waals surface area contributed by atoms with E-state index in [0.717, 1.165) is 21.8 Å². The van der Waals surface area contributed by atoms with Crippen molar-refractivity contribution in [2.75, 3.05) is 5.32 Å². The van der Waals surface area contributed by atoms with E-state index in [1.807, 2.05) is 42.5 Å². The highest BCUT2D eigenvalue weighted by molar-refractivity contribution is 6.12. The topological polar surface area (TPSA) is 70.9 Å². The zero-order valence-corrected chi connectivity index (χ0v) is 9.03. The minimum atomic E-state index is -0.559. The van der Waals surface area contributed by atoms with Gasteiger partial charge in [0.05, 0.1) is 11.2 Å². The quantitative estimate of drug-likeness (QED) is 0.585. The molecule has 0 saturated heterocycles. The Kier molecular flexibility index (Phi) is 2.01. The van der Waals surface area contributed by atoms with Gasteiger partial charge in [-0.2, -0.15) is 0 Å². The van der Waals surface area contributed by atoms with Crippen LogP contribution in [0.5, 0.6) is 0 Å². The summed E-state index contributed by atoms with van der Waals surface area (Å²) < 4.78 is 0. The summed E-state index contributed by atoms with van der Waals surface area (Å²) in [5, 5.41) is 4.83. The molecule has 3 rings (SSSR count). The molecule has 3 aromatic rings. The van der Waals surface area contributed by atoms with Gasteiger partial charge in [0.15, 0.2) is 0 Å². The lowest BCUT2D eigenvalue weighted by Gasteiger charge is -2.02. The van der Waals surface area contributed by atoms with Crippen LogP contribution < -0.4 is 11.1 Å². The molecule has 4 heteroatoms. The van der Waals surface area contributed by atoms with E-state index in [-0.39, 0.29) is 0 Å². The Hall–Kier alpha value is -2.49. The molecule has 17 heavy (non-hydrogen) atoms.